The Morgan fingerprint density at radius 3 is 2.36 bits per heavy atom. The van der Waals surface area contributed by atoms with E-state index in [9.17, 15) is 13.2 Å². The standard InChI is InChI=1S/C20H26N2O4S2/c1-4-21(14-18-6-5-11-27-18)20(23)17-7-9-19(10-8-17)28(24,25)22-12-15(2)26-16(3)13-22/h5-11,15-16H,4,12-14H2,1-3H3. The summed E-state index contributed by atoms with van der Waals surface area (Å²) < 4.78 is 33.0. The first-order chi connectivity index (χ1) is 13.3. The largest absolute Gasteiger partial charge is 0.373 e. The number of nitrogens with zero attached hydrogens (tertiary/aromatic N) is 2. The van der Waals surface area contributed by atoms with Gasteiger partial charge in [-0.05, 0) is 56.5 Å². The molecule has 6 nitrogen and oxygen atoms in total. The molecule has 0 aliphatic carbocycles. The van der Waals surface area contributed by atoms with Crippen LogP contribution in [0.1, 0.15) is 36.0 Å². The lowest BCUT2D eigenvalue weighted by molar-refractivity contribution is -0.0440. The first-order valence-electron chi connectivity index (χ1n) is 9.38. The molecule has 1 aliphatic heterocycles. The van der Waals surface area contributed by atoms with E-state index in [0.29, 0.717) is 31.7 Å². The van der Waals surface area contributed by atoms with Gasteiger partial charge in [0, 0.05) is 30.1 Å². The topological polar surface area (TPSA) is 66.9 Å². The SMILES string of the molecule is CCN(Cc1cccs1)C(=O)c1ccc(S(=O)(=O)N2CC(C)OC(C)C2)cc1. The highest BCUT2D eigenvalue weighted by atomic mass is 32.2. The Morgan fingerprint density at radius 1 is 1.18 bits per heavy atom. The van der Waals surface area contributed by atoms with Gasteiger partial charge in [0.05, 0.1) is 23.6 Å². The smallest absolute Gasteiger partial charge is 0.254 e. The number of morpholine rings is 1. The minimum absolute atomic E-state index is 0.103. The molecule has 1 aliphatic rings. The molecule has 0 saturated carbocycles. The van der Waals surface area contributed by atoms with Gasteiger partial charge in [-0.3, -0.25) is 4.79 Å². The van der Waals surface area contributed by atoms with E-state index in [1.165, 1.54) is 16.4 Å². The number of carbonyl (C=O) groups excluding carboxylic acids is 1. The fourth-order valence-corrected chi connectivity index (χ4v) is 5.66. The van der Waals surface area contributed by atoms with Gasteiger partial charge in [0.1, 0.15) is 0 Å². The summed E-state index contributed by atoms with van der Waals surface area (Å²) in [7, 11) is -3.61. The zero-order chi connectivity index (χ0) is 20.3. The van der Waals surface area contributed by atoms with Crippen LogP contribution in [0.4, 0.5) is 0 Å². The van der Waals surface area contributed by atoms with Gasteiger partial charge in [-0.25, -0.2) is 8.42 Å². The van der Waals surface area contributed by atoms with Crippen molar-refractivity contribution in [2.24, 2.45) is 0 Å². The van der Waals surface area contributed by atoms with Crippen LogP contribution in [-0.4, -0.2) is 55.4 Å². The Balaban J connectivity index is 1.75. The number of ether oxygens (including phenoxy) is 1. The molecule has 2 aromatic rings. The van der Waals surface area contributed by atoms with Crippen LogP contribution in [0.3, 0.4) is 0 Å². The molecular formula is C20H26N2O4S2. The van der Waals surface area contributed by atoms with Gasteiger partial charge in [0.25, 0.3) is 5.91 Å². The normalized spacial score (nSPS) is 20.8. The van der Waals surface area contributed by atoms with E-state index in [-0.39, 0.29) is 23.0 Å². The van der Waals surface area contributed by atoms with Gasteiger partial charge >= 0.3 is 0 Å². The van der Waals surface area contributed by atoms with Crippen LogP contribution in [0.25, 0.3) is 0 Å². The number of thiophene rings is 1. The molecule has 28 heavy (non-hydrogen) atoms. The third-order valence-electron chi connectivity index (χ3n) is 4.72. The van der Waals surface area contributed by atoms with E-state index in [4.69, 9.17) is 4.74 Å². The fourth-order valence-electron chi connectivity index (χ4n) is 3.35. The zero-order valence-electron chi connectivity index (χ0n) is 16.4. The average molecular weight is 423 g/mol. The number of rotatable bonds is 6. The van der Waals surface area contributed by atoms with Gasteiger partial charge in [-0.1, -0.05) is 6.07 Å². The molecule has 0 spiro atoms. The van der Waals surface area contributed by atoms with E-state index < -0.39 is 10.0 Å². The van der Waals surface area contributed by atoms with Gasteiger partial charge in [0.2, 0.25) is 10.0 Å². The summed E-state index contributed by atoms with van der Waals surface area (Å²) in [6.45, 7) is 7.47. The van der Waals surface area contributed by atoms with Crippen molar-refractivity contribution in [3.8, 4) is 0 Å². The molecule has 1 saturated heterocycles. The first-order valence-corrected chi connectivity index (χ1v) is 11.7. The first kappa shape index (κ1) is 21.0. The van der Waals surface area contributed by atoms with Crippen molar-refractivity contribution < 1.29 is 17.9 Å². The second-order valence-corrected chi connectivity index (χ2v) is 9.97. The van der Waals surface area contributed by atoms with Crippen molar-refractivity contribution >= 4 is 27.3 Å². The van der Waals surface area contributed by atoms with E-state index in [1.54, 1.807) is 28.4 Å². The van der Waals surface area contributed by atoms with E-state index >= 15 is 0 Å². The quantitative estimate of drug-likeness (QED) is 0.717. The molecule has 2 heterocycles. The number of benzene rings is 1. The molecule has 0 radical (unpaired) electrons. The molecule has 3 rings (SSSR count). The van der Waals surface area contributed by atoms with Crippen molar-refractivity contribution in [2.45, 2.75) is 44.4 Å². The molecule has 0 bridgehead atoms. The van der Waals surface area contributed by atoms with Gasteiger partial charge in [-0.15, -0.1) is 11.3 Å². The molecule has 1 aromatic heterocycles. The maximum absolute atomic E-state index is 12.9. The lowest BCUT2D eigenvalue weighted by Gasteiger charge is -2.34. The van der Waals surface area contributed by atoms with Crippen molar-refractivity contribution in [3.05, 3.63) is 52.2 Å². The number of amides is 1. The third kappa shape index (κ3) is 4.63. The highest BCUT2D eigenvalue weighted by Crippen LogP contribution is 2.22. The third-order valence-corrected chi connectivity index (χ3v) is 7.43. The summed E-state index contributed by atoms with van der Waals surface area (Å²) in [5, 5.41) is 1.99. The molecule has 0 N–H and O–H groups in total. The number of sulfonamides is 1. The summed E-state index contributed by atoms with van der Waals surface area (Å²) >= 11 is 1.61. The maximum atomic E-state index is 12.9. The van der Waals surface area contributed by atoms with Gasteiger partial charge < -0.3 is 9.64 Å². The number of carbonyl (C=O) groups is 1. The molecular weight excluding hydrogens is 396 g/mol. The number of hydrogen-bond acceptors (Lipinski definition) is 5. The minimum atomic E-state index is -3.61. The van der Waals surface area contributed by atoms with Gasteiger partial charge in [0.15, 0.2) is 0 Å². The van der Waals surface area contributed by atoms with Crippen LogP contribution in [-0.2, 0) is 21.3 Å². The summed E-state index contributed by atoms with van der Waals surface area (Å²) in [6, 6.07) is 10.2. The van der Waals surface area contributed by atoms with Crippen molar-refractivity contribution in [1.82, 2.24) is 9.21 Å². The molecule has 1 fully saturated rings. The highest BCUT2D eigenvalue weighted by Gasteiger charge is 2.32. The predicted molar refractivity (Wildman–Crippen MR) is 110 cm³/mol. The van der Waals surface area contributed by atoms with Crippen molar-refractivity contribution in [2.75, 3.05) is 19.6 Å². The Hall–Kier alpha value is -1.74. The monoisotopic (exact) mass is 422 g/mol. The second kappa shape index (κ2) is 8.73. The van der Waals surface area contributed by atoms with Crippen molar-refractivity contribution in [3.63, 3.8) is 0 Å². The van der Waals surface area contributed by atoms with Crippen molar-refractivity contribution in [1.29, 1.82) is 0 Å². The molecule has 8 heteroatoms. The Kier molecular flexibility index (Phi) is 6.54. The van der Waals surface area contributed by atoms with Crippen LogP contribution in [0, 0.1) is 0 Å². The Labute approximate surface area is 170 Å². The predicted octanol–water partition coefficient (Wildman–Crippen LogP) is 3.21. The summed E-state index contributed by atoms with van der Waals surface area (Å²) in [5.74, 6) is -0.103. The molecule has 2 atom stereocenters. The van der Waals surface area contributed by atoms with Crippen LogP contribution >= 0.6 is 11.3 Å². The van der Waals surface area contributed by atoms with E-state index in [1.807, 2.05) is 38.3 Å². The maximum Gasteiger partial charge on any atom is 0.254 e. The Bertz CT molecular complexity index is 885. The molecule has 152 valence electrons. The van der Waals surface area contributed by atoms with Crippen LogP contribution in [0.15, 0.2) is 46.7 Å². The Morgan fingerprint density at radius 2 is 1.82 bits per heavy atom. The second-order valence-electron chi connectivity index (χ2n) is 7.00. The number of hydrogen-bond donors (Lipinski definition) is 0. The fraction of sp³-hybridized carbons (Fsp3) is 0.450. The average Bonchev–Trinajstić information content (AvgIpc) is 3.18. The van der Waals surface area contributed by atoms with Crippen LogP contribution in [0.2, 0.25) is 0 Å². The highest BCUT2D eigenvalue weighted by molar-refractivity contribution is 7.89. The lowest BCUT2D eigenvalue weighted by atomic mass is 10.2. The molecule has 1 amide bonds. The summed E-state index contributed by atoms with van der Waals surface area (Å²) in [5.41, 5.74) is 0.487. The van der Waals surface area contributed by atoms with E-state index in [0.717, 1.165) is 4.88 Å². The molecule has 2 unspecified atom stereocenters. The van der Waals surface area contributed by atoms with Gasteiger partial charge in [-0.2, -0.15) is 4.31 Å². The minimum Gasteiger partial charge on any atom is -0.373 e. The zero-order valence-corrected chi connectivity index (χ0v) is 18.0. The lowest BCUT2D eigenvalue weighted by Crippen LogP contribution is -2.48. The van der Waals surface area contributed by atoms with E-state index in [2.05, 4.69) is 0 Å². The summed E-state index contributed by atoms with van der Waals surface area (Å²) in [4.78, 5) is 15.9. The van der Waals surface area contributed by atoms with Crippen LogP contribution in [0.5, 0.6) is 0 Å². The summed E-state index contributed by atoms with van der Waals surface area (Å²) in [6.07, 6.45) is -0.288. The molecule has 1 aromatic carbocycles. The van der Waals surface area contributed by atoms with Crippen LogP contribution < -0.4 is 0 Å².